The summed E-state index contributed by atoms with van der Waals surface area (Å²) in [6.45, 7) is 4.42. The summed E-state index contributed by atoms with van der Waals surface area (Å²) in [6.07, 6.45) is 6.09. The van der Waals surface area contributed by atoms with Crippen LogP contribution in [0.25, 0.3) is 22.4 Å². The number of rotatable bonds is 12. The number of amides is 1. The van der Waals surface area contributed by atoms with Crippen LogP contribution in [0.15, 0.2) is 46.9 Å². The van der Waals surface area contributed by atoms with Gasteiger partial charge in [0.1, 0.15) is 5.76 Å². The number of nitrogens with one attached hydrogen (secondary N) is 1. The number of pyridine rings is 1. The first-order valence-electron chi connectivity index (χ1n) is 12.8. The molecule has 202 valence electrons. The van der Waals surface area contributed by atoms with Crippen LogP contribution in [0, 0.1) is 6.92 Å². The molecule has 1 N–H and O–H groups in total. The van der Waals surface area contributed by atoms with Crippen molar-refractivity contribution in [2.24, 2.45) is 0 Å². The number of allylic oxidation sites excluding steroid dienone is 1. The number of thiol groups is 1. The van der Waals surface area contributed by atoms with Gasteiger partial charge >= 0.3 is 5.97 Å². The Bertz CT molecular complexity index is 1410. The van der Waals surface area contributed by atoms with Crippen LogP contribution in [-0.2, 0) is 27.0 Å². The second-order valence-electron chi connectivity index (χ2n) is 9.33. The number of carbonyl (C=O) groups is 2. The molecule has 9 nitrogen and oxygen atoms in total. The number of unbranched alkanes of at least 4 members (excludes halogenated alkanes) is 1. The summed E-state index contributed by atoms with van der Waals surface area (Å²) in [5, 5.41) is 3.32. The minimum absolute atomic E-state index is 0.109. The lowest BCUT2D eigenvalue weighted by Gasteiger charge is -2.16. The maximum atomic E-state index is 12.9. The Kier molecular flexibility index (Phi) is 8.96. The van der Waals surface area contributed by atoms with Crippen molar-refractivity contribution in [1.82, 2.24) is 14.6 Å². The topological polar surface area (TPSA) is 119 Å². The molecular weight excluding hydrogens is 506 g/mol. The highest BCUT2D eigenvalue weighted by Crippen LogP contribution is 2.44. The standard InChI is InChI=1S/C28H33N3O6S/c1-4-36-24(32)8-6-5-7-15-31(38(34)35)17-23-21(19-13-14-19)16-22-25(27(33)29-3)26(37-28(22)30-23)20-11-9-18(2)10-12-20/h6,8-12,16,19,38H,4-5,7,13-15,17H2,1-3H3,(H,29,33)/b8-6+. The average molecular weight is 540 g/mol. The summed E-state index contributed by atoms with van der Waals surface area (Å²) in [6, 6.07) is 9.66. The van der Waals surface area contributed by atoms with Gasteiger partial charge in [0.25, 0.3) is 5.91 Å². The van der Waals surface area contributed by atoms with Crippen LogP contribution >= 0.6 is 0 Å². The molecule has 0 unspecified atom stereocenters. The quantitative estimate of drug-likeness (QED) is 0.153. The van der Waals surface area contributed by atoms with E-state index in [1.165, 1.54) is 10.4 Å². The zero-order valence-electron chi connectivity index (χ0n) is 21.9. The number of hydrogen-bond acceptors (Lipinski definition) is 7. The van der Waals surface area contributed by atoms with E-state index in [4.69, 9.17) is 14.1 Å². The fourth-order valence-corrected chi connectivity index (χ4v) is 4.91. The van der Waals surface area contributed by atoms with Gasteiger partial charge in [0.05, 0.1) is 29.8 Å². The van der Waals surface area contributed by atoms with Gasteiger partial charge in [-0.3, -0.25) is 4.79 Å². The summed E-state index contributed by atoms with van der Waals surface area (Å²) >= 11 is 0. The van der Waals surface area contributed by atoms with Gasteiger partial charge in [-0.2, -0.15) is 4.31 Å². The lowest BCUT2D eigenvalue weighted by atomic mass is 10.0. The summed E-state index contributed by atoms with van der Waals surface area (Å²) in [4.78, 5) is 29.1. The van der Waals surface area contributed by atoms with Crippen LogP contribution in [-0.4, -0.2) is 49.8 Å². The van der Waals surface area contributed by atoms with Crippen LogP contribution in [0.1, 0.15) is 65.7 Å². The lowest BCUT2D eigenvalue weighted by molar-refractivity contribution is -0.137. The smallest absolute Gasteiger partial charge is 0.330 e. The van der Waals surface area contributed by atoms with Crippen molar-refractivity contribution in [3.8, 4) is 11.3 Å². The maximum Gasteiger partial charge on any atom is 0.330 e. The third-order valence-electron chi connectivity index (χ3n) is 6.47. The Morgan fingerprint density at radius 1 is 1.24 bits per heavy atom. The Morgan fingerprint density at radius 3 is 2.61 bits per heavy atom. The first-order chi connectivity index (χ1) is 18.3. The van der Waals surface area contributed by atoms with Crippen LogP contribution in [0.2, 0.25) is 0 Å². The van der Waals surface area contributed by atoms with E-state index in [0.717, 1.165) is 29.5 Å². The number of aromatic nitrogens is 1. The van der Waals surface area contributed by atoms with E-state index in [-0.39, 0.29) is 24.9 Å². The van der Waals surface area contributed by atoms with Gasteiger partial charge in [0, 0.05) is 25.2 Å². The molecule has 1 aliphatic rings. The number of esters is 1. The average Bonchev–Trinajstić information content (AvgIpc) is 3.67. The Balaban J connectivity index is 1.64. The van der Waals surface area contributed by atoms with Crippen LogP contribution in [0.3, 0.4) is 0 Å². The SMILES string of the molecule is CCOC(=O)/C=C/CCCN(Cc1nc2oc(-c3ccc(C)cc3)c(C(=O)NC)c2cc1C1CC1)[SH](=O)=O. The largest absolute Gasteiger partial charge is 0.463 e. The second-order valence-corrected chi connectivity index (χ2v) is 10.4. The van der Waals surface area contributed by atoms with Crippen molar-refractivity contribution in [3.05, 3.63) is 64.9 Å². The molecule has 1 aromatic carbocycles. The van der Waals surface area contributed by atoms with E-state index in [2.05, 4.69) is 5.32 Å². The molecule has 4 rings (SSSR count). The molecule has 0 saturated heterocycles. The van der Waals surface area contributed by atoms with Gasteiger partial charge in [-0.25, -0.2) is 18.2 Å². The van der Waals surface area contributed by atoms with Gasteiger partial charge in [-0.15, -0.1) is 0 Å². The summed E-state index contributed by atoms with van der Waals surface area (Å²) < 4.78 is 36.5. The van der Waals surface area contributed by atoms with E-state index in [1.807, 2.05) is 37.3 Å². The number of furan rings is 1. The van der Waals surface area contributed by atoms with Gasteiger partial charge in [0.15, 0.2) is 0 Å². The number of fused-ring (bicyclic) bond motifs is 1. The monoisotopic (exact) mass is 539 g/mol. The molecule has 0 aliphatic heterocycles. The number of hydrogen-bond donors (Lipinski definition) is 2. The van der Waals surface area contributed by atoms with Crippen molar-refractivity contribution < 1.29 is 27.2 Å². The fourth-order valence-electron chi connectivity index (χ4n) is 4.36. The van der Waals surface area contributed by atoms with Gasteiger partial charge in [-0.1, -0.05) is 35.9 Å². The minimum atomic E-state index is -2.85. The molecular formula is C28H33N3O6S. The normalized spacial score (nSPS) is 13.6. The minimum Gasteiger partial charge on any atom is -0.463 e. The Morgan fingerprint density at radius 2 is 1.97 bits per heavy atom. The number of benzene rings is 1. The molecule has 0 spiro atoms. The molecule has 0 radical (unpaired) electrons. The summed E-state index contributed by atoms with van der Waals surface area (Å²) in [7, 11) is -1.27. The number of nitrogens with zero attached hydrogens (tertiary/aromatic N) is 2. The van der Waals surface area contributed by atoms with E-state index < -0.39 is 16.9 Å². The third-order valence-corrected chi connectivity index (χ3v) is 7.27. The zero-order chi connectivity index (χ0) is 27.2. The highest BCUT2D eigenvalue weighted by Gasteiger charge is 2.31. The van der Waals surface area contributed by atoms with Crippen LogP contribution < -0.4 is 5.32 Å². The fraction of sp³-hybridized carbons (Fsp3) is 0.393. The van der Waals surface area contributed by atoms with Crippen molar-refractivity contribution in [1.29, 1.82) is 0 Å². The van der Waals surface area contributed by atoms with E-state index in [1.54, 1.807) is 20.0 Å². The number of ether oxygens (including phenoxy) is 1. The van der Waals surface area contributed by atoms with Crippen molar-refractivity contribution in [3.63, 3.8) is 0 Å². The highest BCUT2D eigenvalue weighted by atomic mass is 32.2. The summed E-state index contributed by atoms with van der Waals surface area (Å²) in [5.74, 6) is 0.0307. The number of aryl methyl sites for hydroxylation is 1. The molecule has 3 aromatic rings. The molecule has 38 heavy (non-hydrogen) atoms. The Hall–Kier alpha value is -3.50. The second kappa shape index (κ2) is 12.4. The Labute approximate surface area is 224 Å². The lowest BCUT2D eigenvalue weighted by Crippen LogP contribution is -2.24. The zero-order valence-corrected chi connectivity index (χ0v) is 22.8. The number of carbonyl (C=O) groups excluding carboxylic acids is 2. The van der Waals surface area contributed by atoms with Crippen molar-refractivity contribution >= 4 is 33.9 Å². The molecule has 1 aliphatic carbocycles. The van der Waals surface area contributed by atoms with Crippen LogP contribution in [0.4, 0.5) is 0 Å². The molecule has 1 saturated carbocycles. The van der Waals surface area contributed by atoms with Gasteiger partial charge in [-0.05, 0) is 57.1 Å². The summed E-state index contributed by atoms with van der Waals surface area (Å²) in [5.41, 5.74) is 4.16. The van der Waals surface area contributed by atoms with Gasteiger partial charge in [0.2, 0.25) is 16.6 Å². The maximum absolute atomic E-state index is 12.9. The molecule has 1 amide bonds. The first-order valence-corrected chi connectivity index (χ1v) is 13.9. The van der Waals surface area contributed by atoms with E-state index >= 15 is 0 Å². The first kappa shape index (κ1) is 27.5. The molecule has 0 bridgehead atoms. The predicted octanol–water partition coefficient (Wildman–Crippen LogP) is 4.27. The van der Waals surface area contributed by atoms with Gasteiger partial charge < -0.3 is 14.5 Å². The molecule has 0 atom stereocenters. The predicted molar refractivity (Wildman–Crippen MR) is 145 cm³/mol. The van der Waals surface area contributed by atoms with Crippen LogP contribution in [0.5, 0.6) is 0 Å². The van der Waals surface area contributed by atoms with Crippen molar-refractivity contribution in [2.75, 3.05) is 20.2 Å². The molecule has 2 heterocycles. The molecule has 2 aromatic heterocycles. The third kappa shape index (κ3) is 6.49. The molecule has 10 heteroatoms. The van der Waals surface area contributed by atoms with E-state index in [9.17, 15) is 18.0 Å². The van der Waals surface area contributed by atoms with E-state index in [0.29, 0.717) is 47.6 Å². The molecule has 1 fully saturated rings. The highest BCUT2D eigenvalue weighted by molar-refractivity contribution is 7.69. The van der Waals surface area contributed by atoms with Crippen molar-refractivity contribution in [2.45, 2.75) is 52.0 Å².